The Balaban J connectivity index is 1.85. The van der Waals surface area contributed by atoms with Crippen molar-refractivity contribution in [3.63, 3.8) is 0 Å². The molecular formula is C15H21BrF2N2O. The highest BCUT2D eigenvalue weighted by Crippen LogP contribution is 2.26. The Hall–Kier alpha value is -0.720. The molecule has 21 heavy (non-hydrogen) atoms. The molecule has 0 amide bonds. The molecule has 0 radical (unpaired) electrons. The van der Waals surface area contributed by atoms with Crippen LogP contribution in [0, 0.1) is 0 Å². The van der Waals surface area contributed by atoms with Crippen molar-refractivity contribution < 1.29 is 13.5 Å². The zero-order valence-corrected chi connectivity index (χ0v) is 13.8. The van der Waals surface area contributed by atoms with Gasteiger partial charge < -0.3 is 14.5 Å². The van der Waals surface area contributed by atoms with Gasteiger partial charge in [-0.15, -0.1) is 0 Å². The summed E-state index contributed by atoms with van der Waals surface area (Å²) in [4.78, 5) is 4.74. The number of alkyl halides is 2. The van der Waals surface area contributed by atoms with Crippen molar-refractivity contribution in [2.24, 2.45) is 0 Å². The van der Waals surface area contributed by atoms with Crippen molar-refractivity contribution in [2.75, 3.05) is 39.8 Å². The molecule has 0 atom stereocenters. The number of aryl methyl sites for hydroxylation is 1. The van der Waals surface area contributed by atoms with E-state index >= 15 is 0 Å². The van der Waals surface area contributed by atoms with Gasteiger partial charge in [-0.2, -0.15) is 8.78 Å². The number of likely N-dealkylation sites (N-methyl/N-ethyl adjacent to an activating group) is 1. The summed E-state index contributed by atoms with van der Waals surface area (Å²) in [6, 6.07) is 5.19. The molecule has 1 aliphatic heterocycles. The van der Waals surface area contributed by atoms with E-state index in [9.17, 15) is 8.78 Å². The second-order valence-corrected chi connectivity index (χ2v) is 6.29. The number of hydrogen-bond acceptors (Lipinski definition) is 3. The summed E-state index contributed by atoms with van der Waals surface area (Å²) >= 11 is 3.38. The number of benzene rings is 1. The fraction of sp³-hybridized carbons (Fsp3) is 0.600. The number of nitrogens with zero attached hydrogens (tertiary/aromatic N) is 2. The molecule has 1 saturated heterocycles. The second-order valence-electron chi connectivity index (χ2n) is 5.38. The Bertz CT molecular complexity index is 451. The first-order valence-electron chi connectivity index (χ1n) is 7.19. The maximum atomic E-state index is 12.4. The van der Waals surface area contributed by atoms with Gasteiger partial charge in [0.2, 0.25) is 0 Å². The fourth-order valence-corrected chi connectivity index (χ4v) is 2.93. The summed E-state index contributed by atoms with van der Waals surface area (Å²) in [6.07, 6.45) is 1.69. The van der Waals surface area contributed by atoms with Crippen LogP contribution in [0.1, 0.15) is 12.0 Å². The Morgan fingerprint density at radius 1 is 1.24 bits per heavy atom. The molecule has 1 aromatic carbocycles. The Kier molecular flexibility index (Phi) is 6.39. The SMILES string of the molecule is CN1CCN(CCCc2cc(Br)ccc2OC(F)F)CC1. The molecule has 1 aromatic rings. The van der Waals surface area contributed by atoms with Crippen molar-refractivity contribution in [3.05, 3.63) is 28.2 Å². The summed E-state index contributed by atoms with van der Waals surface area (Å²) in [6.45, 7) is 2.56. The van der Waals surface area contributed by atoms with Crippen LogP contribution in [0.5, 0.6) is 5.75 Å². The summed E-state index contributed by atoms with van der Waals surface area (Å²) in [5.74, 6) is 0.284. The predicted octanol–water partition coefficient (Wildman–Crippen LogP) is 3.23. The molecule has 0 saturated carbocycles. The van der Waals surface area contributed by atoms with Gasteiger partial charge in [0.05, 0.1) is 0 Å². The van der Waals surface area contributed by atoms with Gasteiger partial charge in [0.25, 0.3) is 0 Å². The van der Waals surface area contributed by atoms with E-state index in [1.807, 2.05) is 6.07 Å². The molecule has 0 bridgehead atoms. The summed E-state index contributed by atoms with van der Waals surface area (Å²) in [5, 5.41) is 0. The highest BCUT2D eigenvalue weighted by molar-refractivity contribution is 9.10. The maximum Gasteiger partial charge on any atom is 0.387 e. The minimum absolute atomic E-state index is 0.284. The molecule has 1 heterocycles. The Labute approximate surface area is 133 Å². The average Bonchev–Trinajstić information content (AvgIpc) is 2.43. The van der Waals surface area contributed by atoms with Gasteiger partial charge in [0, 0.05) is 30.7 Å². The first kappa shape index (κ1) is 16.6. The van der Waals surface area contributed by atoms with Crippen LogP contribution in [0.15, 0.2) is 22.7 Å². The van der Waals surface area contributed by atoms with E-state index in [1.54, 1.807) is 12.1 Å². The molecule has 3 nitrogen and oxygen atoms in total. The topological polar surface area (TPSA) is 15.7 Å². The van der Waals surface area contributed by atoms with Crippen LogP contribution in [0.4, 0.5) is 8.78 Å². The number of rotatable bonds is 6. The van der Waals surface area contributed by atoms with Crippen LogP contribution in [-0.4, -0.2) is 56.2 Å². The van der Waals surface area contributed by atoms with E-state index in [0.717, 1.165) is 55.6 Å². The average molecular weight is 363 g/mol. The summed E-state index contributed by atoms with van der Waals surface area (Å²) in [5.41, 5.74) is 0.832. The van der Waals surface area contributed by atoms with Crippen LogP contribution < -0.4 is 4.74 Å². The minimum atomic E-state index is -2.78. The molecule has 118 valence electrons. The lowest BCUT2D eigenvalue weighted by Gasteiger charge is -2.32. The smallest absolute Gasteiger partial charge is 0.387 e. The van der Waals surface area contributed by atoms with Gasteiger partial charge in [0.1, 0.15) is 5.75 Å². The third-order valence-corrected chi connectivity index (χ3v) is 4.25. The van der Waals surface area contributed by atoms with E-state index in [4.69, 9.17) is 0 Å². The van der Waals surface area contributed by atoms with Crippen LogP contribution in [0.3, 0.4) is 0 Å². The molecule has 1 fully saturated rings. The lowest BCUT2D eigenvalue weighted by atomic mass is 10.1. The standard InChI is InChI=1S/C15H21BrF2N2O/c1-19-7-9-20(10-8-19)6-2-3-12-11-13(16)4-5-14(12)21-15(17)18/h4-5,11,15H,2-3,6-10H2,1H3. The first-order chi connectivity index (χ1) is 10.0. The van der Waals surface area contributed by atoms with Crippen LogP contribution in [0.25, 0.3) is 0 Å². The summed E-state index contributed by atoms with van der Waals surface area (Å²) in [7, 11) is 2.13. The van der Waals surface area contributed by atoms with E-state index in [0.29, 0.717) is 0 Å². The lowest BCUT2D eigenvalue weighted by Crippen LogP contribution is -2.44. The van der Waals surface area contributed by atoms with Gasteiger partial charge in [0.15, 0.2) is 0 Å². The van der Waals surface area contributed by atoms with E-state index in [2.05, 4.69) is 37.5 Å². The molecule has 6 heteroatoms. The number of halogens is 3. The molecule has 0 aromatic heterocycles. The normalized spacial score (nSPS) is 17.4. The Morgan fingerprint density at radius 2 is 1.95 bits per heavy atom. The van der Waals surface area contributed by atoms with Crippen molar-refractivity contribution in [3.8, 4) is 5.75 Å². The van der Waals surface area contributed by atoms with Crippen LogP contribution in [0.2, 0.25) is 0 Å². The largest absolute Gasteiger partial charge is 0.435 e. The van der Waals surface area contributed by atoms with Crippen molar-refractivity contribution in [1.82, 2.24) is 9.80 Å². The highest BCUT2D eigenvalue weighted by atomic mass is 79.9. The van der Waals surface area contributed by atoms with Gasteiger partial charge >= 0.3 is 6.61 Å². The van der Waals surface area contributed by atoms with Gasteiger partial charge in [-0.3, -0.25) is 0 Å². The molecule has 0 unspecified atom stereocenters. The third kappa shape index (κ3) is 5.52. The predicted molar refractivity (Wildman–Crippen MR) is 83.0 cm³/mol. The van der Waals surface area contributed by atoms with Crippen LogP contribution in [-0.2, 0) is 6.42 Å². The Morgan fingerprint density at radius 3 is 2.62 bits per heavy atom. The fourth-order valence-electron chi connectivity index (χ4n) is 2.52. The zero-order chi connectivity index (χ0) is 15.2. The number of piperazine rings is 1. The van der Waals surface area contributed by atoms with E-state index < -0.39 is 6.61 Å². The van der Waals surface area contributed by atoms with Gasteiger partial charge in [-0.1, -0.05) is 15.9 Å². The second kappa shape index (κ2) is 8.06. The highest BCUT2D eigenvalue weighted by Gasteiger charge is 2.14. The van der Waals surface area contributed by atoms with Crippen LogP contribution >= 0.6 is 15.9 Å². The zero-order valence-electron chi connectivity index (χ0n) is 12.2. The van der Waals surface area contributed by atoms with Crippen molar-refractivity contribution in [2.45, 2.75) is 19.5 Å². The van der Waals surface area contributed by atoms with Crippen molar-refractivity contribution >= 4 is 15.9 Å². The molecule has 0 aliphatic carbocycles. The number of ether oxygens (including phenoxy) is 1. The van der Waals surface area contributed by atoms with Gasteiger partial charge in [-0.25, -0.2) is 0 Å². The van der Waals surface area contributed by atoms with Gasteiger partial charge in [-0.05, 0) is 50.2 Å². The minimum Gasteiger partial charge on any atom is -0.435 e. The monoisotopic (exact) mass is 362 g/mol. The maximum absolute atomic E-state index is 12.4. The lowest BCUT2D eigenvalue weighted by molar-refractivity contribution is -0.0504. The quantitative estimate of drug-likeness (QED) is 0.772. The first-order valence-corrected chi connectivity index (χ1v) is 7.98. The van der Waals surface area contributed by atoms with E-state index in [1.165, 1.54) is 0 Å². The van der Waals surface area contributed by atoms with E-state index in [-0.39, 0.29) is 5.75 Å². The van der Waals surface area contributed by atoms with Crippen molar-refractivity contribution in [1.29, 1.82) is 0 Å². The summed E-state index contributed by atoms with van der Waals surface area (Å²) < 4.78 is 30.3. The molecule has 1 aliphatic rings. The number of hydrogen-bond donors (Lipinski definition) is 0. The molecule has 2 rings (SSSR count). The molecule has 0 N–H and O–H groups in total. The molecule has 0 spiro atoms. The molecular weight excluding hydrogens is 342 g/mol. The third-order valence-electron chi connectivity index (χ3n) is 3.75.